The van der Waals surface area contributed by atoms with Crippen LogP contribution in [-0.4, -0.2) is 22.8 Å². The molecule has 1 unspecified atom stereocenters. The molecule has 1 amide bonds. The van der Waals surface area contributed by atoms with Crippen LogP contribution in [0.4, 0.5) is 0 Å². The standard InChI is InChI=1S/C16H18BrN3O.2ClH/c1-16(18,13-3-5-14(17)6-4-13)15(21)20(2)11-12-7-9-19-10-8-12;;/h3-10H,11,18H2,1-2H3;2*1H. The fraction of sp³-hybridized carbons (Fsp3) is 0.250. The number of benzene rings is 1. The molecule has 0 aliphatic heterocycles. The van der Waals surface area contributed by atoms with Crippen molar-refractivity contribution in [3.63, 3.8) is 0 Å². The molecule has 0 fully saturated rings. The number of carbonyl (C=O) groups excluding carboxylic acids is 1. The summed E-state index contributed by atoms with van der Waals surface area (Å²) in [6.07, 6.45) is 3.42. The van der Waals surface area contributed by atoms with Gasteiger partial charge in [-0.2, -0.15) is 0 Å². The fourth-order valence-electron chi connectivity index (χ4n) is 2.15. The Labute approximate surface area is 157 Å². The van der Waals surface area contributed by atoms with Gasteiger partial charge in [0.25, 0.3) is 0 Å². The van der Waals surface area contributed by atoms with Gasteiger partial charge in [-0.1, -0.05) is 28.1 Å². The van der Waals surface area contributed by atoms with Crippen molar-refractivity contribution in [1.82, 2.24) is 9.88 Å². The number of amides is 1. The summed E-state index contributed by atoms with van der Waals surface area (Å²) in [4.78, 5) is 18.2. The third-order valence-electron chi connectivity index (χ3n) is 3.40. The second-order valence-electron chi connectivity index (χ2n) is 5.23. The zero-order chi connectivity index (χ0) is 15.5. The largest absolute Gasteiger partial charge is 0.340 e. The van der Waals surface area contributed by atoms with Gasteiger partial charge in [0.05, 0.1) is 0 Å². The highest BCUT2D eigenvalue weighted by atomic mass is 79.9. The number of rotatable bonds is 4. The molecule has 2 rings (SSSR count). The number of nitrogens with two attached hydrogens (primary N) is 1. The van der Waals surface area contributed by atoms with E-state index >= 15 is 0 Å². The lowest BCUT2D eigenvalue weighted by atomic mass is 9.91. The lowest BCUT2D eigenvalue weighted by Crippen LogP contribution is -2.49. The Morgan fingerprint density at radius 2 is 1.70 bits per heavy atom. The summed E-state index contributed by atoms with van der Waals surface area (Å²) in [5, 5.41) is 0. The molecule has 1 aromatic heterocycles. The van der Waals surface area contributed by atoms with Crippen molar-refractivity contribution >= 4 is 46.7 Å². The van der Waals surface area contributed by atoms with Crippen molar-refractivity contribution < 1.29 is 4.79 Å². The van der Waals surface area contributed by atoms with Crippen LogP contribution in [0.2, 0.25) is 0 Å². The molecule has 126 valence electrons. The van der Waals surface area contributed by atoms with Crippen molar-refractivity contribution in [2.45, 2.75) is 19.0 Å². The van der Waals surface area contributed by atoms with Crippen LogP contribution in [0.15, 0.2) is 53.3 Å². The first kappa shape index (κ1) is 21.9. The van der Waals surface area contributed by atoms with E-state index in [0.717, 1.165) is 15.6 Å². The van der Waals surface area contributed by atoms with E-state index < -0.39 is 5.54 Å². The second kappa shape index (κ2) is 9.23. The average molecular weight is 421 g/mol. The van der Waals surface area contributed by atoms with Gasteiger partial charge in [0, 0.05) is 30.5 Å². The second-order valence-corrected chi connectivity index (χ2v) is 6.14. The van der Waals surface area contributed by atoms with Crippen LogP contribution in [0.5, 0.6) is 0 Å². The van der Waals surface area contributed by atoms with Gasteiger partial charge in [-0.15, -0.1) is 24.8 Å². The van der Waals surface area contributed by atoms with Gasteiger partial charge < -0.3 is 10.6 Å². The molecule has 2 N–H and O–H groups in total. The molecule has 23 heavy (non-hydrogen) atoms. The maximum Gasteiger partial charge on any atom is 0.247 e. The smallest absolute Gasteiger partial charge is 0.247 e. The van der Waals surface area contributed by atoms with Gasteiger partial charge in [-0.25, -0.2) is 0 Å². The number of hydrogen-bond donors (Lipinski definition) is 1. The van der Waals surface area contributed by atoms with Crippen LogP contribution in [0.25, 0.3) is 0 Å². The van der Waals surface area contributed by atoms with Crippen molar-refractivity contribution in [3.05, 3.63) is 64.4 Å². The summed E-state index contributed by atoms with van der Waals surface area (Å²) in [6, 6.07) is 11.3. The predicted octanol–water partition coefficient (Wildman–Crippen LogP) is 3.52. The van der Waals surface area contributed by atoms with Gasteiger partial charge in [0.15, 0.2) is 0 Å². The highest BCUT2D eigenvalue weighted by Gasteiger charge is 2.33. The number of aromatic nitrogens is 1. The number of carbonyl (C=O) groups is 1. The summed E-state index contributed by atoms with van der Waals surface area (Å²) >= 11 is 3.38. The summed E-state index contributed by atoms with van der Waals surface area (Å²) in [6.45, 7) is 2.24. The zero-order valence-corrected chi connectivity index (χ0v) is 16.1. The van der Waals surface area contributed by atoms with Crippen LogP contribution < -0.4 is 5.73 Å². The topological polar surface area (TPSA) is 59.2 Å². The van der Waals surface area contributed by atoms with Crippen LogP contribution in [-0.2, 0) is 16.9 Å². The molecule has 0 saturated heterocycles. The molecule has 2 aromatic rings. The van der Waals surface area contributed by atoms with Gasteiger partial charge in [0.2, 0.25) is 5.91 Å². The number of hydrogen-bond acceptors (Lipinski definition) is 3. The minimum atomic E-state index is -1.05. The predicted molar refractivity (Wildman–Crippen MR) is 101 cm³/mol. The van der Waals surface area contributed by atoms with Crippen molar-refractivity contribution in [3.8, 4) is 0 Å². The first-order valence-corrected chi connectivity index (χ1v) is 7.40. The fourth-order valence-corrected chi connectivity index (χ4v) is 2.41. The molecule has 7 heteroatoms. The van der Waals surface area contributed by atoms with E-state index in [1.54, 1.807) is 31.3 Å². The third-order valence-corrected chi connectivity index (χ3v) is 3.93. The molecule has 0 spiro atoms. The Morgan fingerprint density at radius 3 is 2.22 bits per heavy atom. The SMILES string of the molecule is CN(Cc1ccncc1)C(=O)C(C)(N)c1ccc(Br)cc1.Cl.Cl. The zero-order valence-electron chi connectivity index (χ0n) is 12.9. The van der Waals surface area contributed by atoms with Crippen LogP contribution in [0, 0.1) is 0 Å². The molecule has 0 radical (unpaired) electrons. The summed E-state index contributed by atoms with van der Waals surface area (Å²) in [5.74, 6) is -0.123. The van der Waals surface area contributed by atoms with Crippen molar-refractivity contribution in [2.24, 2.45) is 5.73 Å². The maximum absolute atomic E-state index is 12.6. The molecule has 0 bridgehead atoms. The van der Waals surface area contributed by atoms with Gasteiger partial charge in [-0.3, -0.25) is 9.78 Å². The molecule has 0 aliphatic rings. The third kappa shape index (κ3) is 5.46. The monoisotopic (exact) mass is 419 g/mol. The number of nitrogens with zero attached hydrogens (tertiary/aromatic N) is 2. The van der Waals surface area contributed by atoms with E-state index in [1.807, 2.05) is 36.4 Å². The normalized spacial score (nSPS) is 12.3. The van der Waals surface area contributed by atoms with E-state index in [-0.39, 0.29) is 30.7 Å². The quantitative estimate of drug-likeness (QED) is 0.822. The molecule has 1 heterocycles. The van der Waals surface area contributed by atoms with Crippen molar-refractivity contribution in [1.29, 1.82) is 0 Å². The highest BCUT2D eigenvalue weighted by molar-refractivity contribution is 9.10. The number of pyridine rings is 1. The van der Waals surface area contributed by atoms with Gasteiger partial charge in [-0.05, 0) is 42.3 Å². The van der Waals surface area contributed by atoms with E-state index in [0.29, 0.717) is 6.54 Å². The Morgan fingerprint density at radius 1 is 1.17 bits per heavy atom. The van der Waals surface area contributed by atoms with E-state index in [9.17, 15) is 4.79 Å². The summed E-state index contributed by atoms with van der Waals surface area (Å²) in [5.41, 5.74) is 7.02. The molecule has 1 aromatic carbocycles. The van der Waals surface area contributed by atoms with Crippen LogP contribution in [0.3, 0.4) is 0 Å². The molecule has 0 saturated carbocycles. The lowest BCUT2D eigenvalue weighted by Gasteiger charge is -2.29. The van der Waals surface area contributed by atoms with Gasteiger partial charge >= 0.3 is 0 Å². The Kier molecular flexibility index (Phi) is 8.77. The summed E-state index contributed by atoms with van der Waals surface area (Å²) in [7, 11) is 1.76. The number of halogens is 3. The highest BCUT2D eigenvalue weighted by Crippen LogP contribution is 2.23. The Bertz CT molecular complexity index is 621. The molecule has 1 atom stereocenters. The molecular weight excluding hydrogens is 401 g/mol. The maximum atomic E-state index is 12.6. The van der Waals surface area contributed by atoms with Crippen LogP contribution >= 0.6 is 40.7 Å². The minimum absolute atomic E-state index is 0. The lowest BCUT2D eigenvalue weighted by molar-refractivity contribution is -0.136. The summed E-state index contributed by atoms with van der Waals surface area (Å²) < 4.78 is 0.958. The van der Waals surface area contributed by atoms with Gasteiger partial charge in [0.1, 0.15) is 5.54 Å². The minimum Gasteiger partial charge on any atom is -0.340 e. The van der Waals surface area contributed by atoms with E-state index in [2.05, 4.69) is 20.9 Å². The number of likely N-dealkylation sites (N-methyl/N-ethyl adjacent to an activating group) is 1. The average Bonchev–Trinajstić information content (AvgIpc) is 2.48. The Hall–Kier alpha value is -1.14. The first-order chi connectivity index (χ1) is 9.91. The molecule has 4 nitrogen and oxygen atoms in total. The molecule has 0 aliphatic carbocycles. The van der Waals surface area contributed by atoms with E-state index in [1.165, 1.54) is 0 Å². The van der Waals surface area contributed by atoms with Crippen LogP contribution in [0.1, 0.15) is 18.1 Å². The Balaban J connectivity index is 0.00000242. The van der Waals surface area contributed by atoms with E-state index in [4.69, 9.17) is 5.73 Å². The van der Waals surface area contributed by atoms with Crippen molar-refractivity contribution in [2.75, 3.05) is 7.05 Å². The first-order valence-electron chi connectivity index (χ1n) is 6.60. The molecular formula is C16H20BrCl2N3O.